The smallest absolute Gasteiger partial charge is 0.337 e. The number of oxazole rings is 1. The number of aromatic nitrogens is 3. The summed E-state index contributed by atoms with van der Waals surface area (Å²) in [6, 6.07) is 7.37. The molecule has 3 aromatic heterocycles. The summed E-state index contributed by atoms with van der Waals surface area (Å²) in [5.41, 5.74) is -1.87. The molecule has 1 aliphatic rings. The Morgan fingerprint density at radius 1 is 1.22 bits per heavy atom. The Kier molecular flexibility index (Phi) is 7.91. The maximum absolute atomic E-state index is 14.2. The molecular weight excluding hydrogens is 550 g/mol. The summed E-state index contributed by atoms with van der Waals surface area (Å²) in [4.78, 5) is 45.4. The Morgan fingerprint density at radius 3 is 2.56 bits per heavy atom. The van der Waals surface area contributed by atoms with Gasteiger partial charge in [0.05, 0.1) is 37.2 Å². The van der Waals surface area contributed by atoms with E-state index in [-0.39, 0.29) is 30.1 Å². The van der Waals surface area contributed by atoms with Crippen molar-refractivity contribution in [1.82, 2.24) is 14.0 Å². The number of thiazole rings is 1. The van der Waals surface area contributed by atoms with Crippen LogP contribution in [0.1, 0.15) is 62.5 Å². The molecule has 0 bridgehead atoms. The van der Waals surface area contributed by atoms with E-state index >= 15 is 0 Å². The number of aliphatic hydroxyl groups excluding tert-OH is 1. The van der Waals surface area contributed by atoms with Gasteiger partial charge < -0.3 is 24.1 Å². The minimum absolute atomic E-state index is 0.0444. The Labute approximate surface area is 239 Å². The molecule has 5 rings (SSSR count). The van der Waals surface area contributed by atoms with Gasteiger partial charge in [-0.15, -0.1) is 11.3 Å². The van der Waals surface area contributed by atoms with Gasteiger partial charge in [0.2, 0.25) is 5.89 Å². The maximum atomic E-state index is 14.2. The van der Waals surface area contributed by atoms with Gasteiger partial charge >= 0.3 is 11.7 Å². The van der Waals surface area contributed by atoms with E-state index in [1.807, 2.05) is 24.3 Å². The number of benzene rings is 1. The number of ether oxygens (including phenoxy) is 2. The molecule has 0 aliphatic heterocycles. The van der Waals surface area contributed by atoms with Crippen molar-refractivity contribution in [3.05, 3.63) is 74.4 Å². The van der Waals surface area contributed by atoms with Crippen LogP contribution in [0.4, 0.5) is 0 Å². The molecule has 1 fully saturated rings. The van der Waals surface area contributed by atoms with E-state index in [0.717, 1.165) is 10.1 Å². The SMILES string of the molecule is COc1ccccc1[C@H](Cc1c(=O)n(C(C)(C)C(=O)O)c(=O)n2c(C)c(-c3ncco3)sc12)OC1CCC(O)CC1. The maximum Gasteiger partial charge on any atom is 0.337 e. The Bertz CT molecular complexity index is 1680. The first-order valence-electron chi connectivity index (χ1n) is 13.4. The predicted molar refractivity (Wildman–Crippen MR) is 152 cm³/mol. The number of para-hydroxylation sites is 1. The molecule has 12 heteroatoms. The highest BCUT2D eigenvalue weighted by atomic mass is 32.1. The van der Waals surface area contributed by atoms with Crippen molar-refractivity contribution in [2.24, 2.45) is 0 Å². The number of aryl methyl sites for hydroxylation is 1. The summed E-state index contributed by atoms with van der Waals surface area (Å²) in [5.74, 6) is -0.454. The molecule has 11 nitrogen and oxygen atoms in total. The van der Waals surface area contributed by atoms with Crippen molar-refractivity contribution in [3.8, 4) is 16.5 Å². The molecule has 1 atom stereocenters. The van der Waals surface area contributed by atoms with E-state index in [2.05, 4.69) is 4.98 Å². The lowest BCUT2D eigenvalue weighted by Gasteiger charge is -2.31. The van der Waals surface area contributed by atoms with E-state index in [4.69, 9.17) is 13.9 Å². The second kappa shape index (κ2) is 11.3. The van der Waals surface area contributed by atoms with Gasteiger partial charge in [0, 0.05) is 17.7 Å². The summed E-state index contributed by atoms with van der Waals surface area (Å²) in [7, 11) is 1.56. The molecule has 0 amide bonds. The van der Waals surface area contributed by atoms with Gasteiger partial charge in [-0.25, -0.2) is 19.1 Å². The van der Waals surface area contributed by atoms with Gasteiger partial charge in [0.1, 0.15) is 27.3 Å². The van der Waals surface area contributed by atoms with Gasteiger partial charge in [-0.1, -0.05) is 18.2 Å². The second-order valence-corrected chi connectivity index (χ2v) is 11.8. The molecule has 41 heavy (non-hydrogen) atoms. The number of carboxylic acid groups (broad SMARTS) is 1. The molecule has 0 saturated heterocycles. The van der Waals surface area contributed by atoms with Crippen molar-refractivity contribution in [2.45, 2.75) is 76.7 Å². The van der Waals surface area contributed by atoms with E-state index in [1.165, 1.54) is 42.0 Å². The normalized spacial score (nSPS) is 18.5. The van der Waals surface area contributed by atoms with Crippen LogP contribution < -0.4 is 16.0 Å². The van der Waals surface area contributed by atoms with Crippen LogP contribution in [-0.4, -0.2) is 49.5 Å². The second-order valence-electron chi connectivity index (χ2n) is 10.8. The van der Waals surface area contributed by atoms with Crippen LogP contribution >= 0.6 is 11.3 Å². The van der Waals surface area contributed by atoms with E-state index < -0.39 is 28.9 Å². The molecule has 1 aliphatic carbocycles. The highest BCUT2D eigenvalue weighted by molar-refractivity contribution is 7.20. The van der Waals surface area contributed by atoms with Gasteiger partial charge in [-0.05, 0) is 52.5 Å². The summed E-state index contributed by atoms with van der Waals surface area (Å²) in [6.07, 6.45) is 4.28. The number of methoxy groups -OCH3 is 1. The number of fused-ring (bicyclic) bond motifs is 1. The van der Waals surface area contributed by atoms with Crippen molar-refractivity contribution in [2.75, 3.05) is 7.11 Å². The fourth-order valence-corrected chi connectivity index (χ4v) is 6.59. The number of rotatable bonds is 9. The monoisotopic (exact) mass is 583 g/mol. The zero-order chi connectivity index (χ0) is 29.5. The van der Waals surface area contributed by atoms with Gasteiger partial charge in [0.15, 0.2) is 0 Å². The lowest BCUT2D eigenvalue weighted by atomic mass is 9.94. The third-order valence-electron chi connectivity index (χ3n) is 7.75. The van der Waals surface area contributed by atoms with Crippen molar-refractivity contribution in [3.63, 3.8) is 0 Å². The minimum Gasteiger partial charge on any atom is -0.496 e. The van der Waals surface area contributed by atoms with Crippen molar-refractivity contribution < 1.29 is 28.9 Å². The molecular formula is C29H33N3O8S. The van der Waals surface area contributed by atoms with Crippen LogP contribution in [0.15, 0.2) is 50.7 Å². The molecule has 2 N–H and O–H groups in total. The molecule has 0 spiro atoms. The number of aliphatic carboxylic acids is 1. The Balaban J connectivity index is 1.74. The van der Waals surface area contributed by atoms with Gasteiger partial charge in [0.25, 0.3) is 5.56 Å². The Hall–Kier alpha value is -3.74. The third-order valence-corrected chi connectivity index (χ3v) is 9.05. The molecule has 0 unspecified atom stereocenters. The van der Waals surface area contributed by atoms with Crippen LogP contribution in [-0.2, 0) is 21.5 Å². The number of carbonyl (C=O) groups is 1. The lowest BCUT2D eigenvalue weighted by molar-refractivity contribution is -0.146. The minimum atomic E-state index is -1.83. The van der Waals surface area contributed by atoms with Crippen LogP contribution in [0, 0.1) is 6.92 Å². The van der Waals surface area contributed by atoms with E-state index in [9.17, 15) is 24.6 Å². The van der Waals surface area contributed by atoms with Crippen LogP contribution in [0.25, 0.3) is 15.6 Å². The van der Waals surface area contributed by atoms with E-state index in [0.29, 0.717) is 46.8 Å². The molecule has 1 aromatic carbocycles. The lowest BCUT2D eigenvalue weighted by Crippen LogP contribution is -2.52. The highest BCUT2D eigenvalue weighted by Crippen LogP contribution is 2.37. The number of aliphatic hydroxyl groups is 1. The summed E-state index contributed by atoms with van der Waals surface area (Å²) in [5, 5.41) is 20.0. The van der Waals surface area contributed by atoms with Crippen LogP contribution in [0.3, 0.4) is 0 Å². The molecule has 3 heterocycles. The largest absolute Gasteiger partial charge is 0.496 e. The topological polar surface area (TPSA) is 146 Å². The first-order valence-corrected chi connectivity index (χ1v) is 14.3. The fourth-order valence-electron chi connectivity index (χ4n) is 5.37. The van der Waals surface area contributed by atoms with Gasteiger partial charge in [-0.2, -0.15) is 0 Å². The average molecular weight is 584 g/mol. The zero-order valence-electron chi connectivity index (χ0n) is 23.3. The van der Waals surface area contributed by atoms with E-state index in [1.54, 1.807) is 14.0 Å². The number of hydrogen-bond donors (Lipinski definition) is 2. The standard InChI is InChI=1S/C29H33N3O8S/c1-16-23(24-30-13-14-39-24)41-26-20(25(34)32(28(37)31(16)26)29(2,3)27(35)36)15-22(19-7-5-6-8-21(19)38-4)40-18-11-9-17(33)10-12-18/h5-8,13-14,17-18,22,33H,9-12,15H2,1-4H3,(H,35,36)/t17?,18?,22-/m0/s1. The third kappa shape index (κ3) is 5.22. The first kappa shape index (κ1) is 28.8. The molecule has 1 saturated carbocycles. The van der Waals surface area contributed by atoms with Crippen molar-refractivity contribution >= 4 is 22.1 Å². The molecule has 4 aromatic rings. The molecule has 218 valence electrons. The predicted octanol–water partition coefficient (Wildman–Crippen LogP) is 3.92. The Morgan fingerprint density at radius 2 is 1.93 bits per heavy atom. The molecule has 0 radical (unpaired) electrons. The van der Waals surface area contributed by atoms with Crippen LogP contribution in [0.2, 0.25) is 0 Å². The van der Waals surface area contributed by atoms with Gasteiger partial charge in [-0.3, -0.25) is 9.20 Å². The zero-order valence-corrected chi connectivity index (χ0v) is 24.1. The summed E-state index contributed by atoms with van der Waals surface area (Å²) >= 11 is 1.18. The summed E-state index contributed by atoms with van der Waals surface area (Å²) in [6.45, 7) is 4.36. The fraction of sp³-hybridized carbons (Fsp3) is 0.448. The number of carboxylic acids is 1. The highest BCUT2D eigenvalue weighted by Gasteiger charge is 2.37. The summed E-state index contributed by atoms with van der Waals surface area (Å²) < 4.78 is 19.9. The number of nitrogens with zero attached hydrogens (tertiary/aromatic N) is 3. The van der Waals surface area contributed by atoms with Crippen LogP contribution in [0.5, 0.6) is 5.75 Å². The number of hydrogen-bond acceptors (Lipinski definition) is 9. The quantitative estimate of drug-likeness (QED) is 0.299. The first-order chi connectivity index (χ1) is 19.5. The van der Waals surface area contributed by atoms with Crippen molar-refractivity contribution in [1.29, 1.82) is 0 Å². The average Bonchev–Trinajstić information content (AvgIpc) is 3.59.